The summed E-state index contributed by atoms with van der Waals surface area (Å²) in [6.07, 6.45) is 0.344. The Bertz CT molecular complexity index is 314. The van der Waals surface area contributed by atoms with Gasteiger partial charge in [0, 0.05) is 0 Å². The zero-order valence-electron chi connectivity index (χ0n) is 9.41. The second-order valence-corrected chi connectivity index (χ2v) is 4.40. The molecule has 15 heavy (non-hydrogen) atoms. The van der Waals surface area contributed by atoms with E-state index in [0.717, 1.165) is 5.56 Å². The number of carbonyl (C=O) groups excluding carboxylic acids is 1. The van der Waals surface area contributed by atoms with E-state index < -0.39 is 0 Å². The zero-order valence-corrected chi connectivity index (χ0v) is 9.41. The van der Waals surface area contributed by atoms with Crippen molar-refractivity contribution in [3.05, 3.63) is 35.9 Å². The molecule has 0 aliphatic rings. The maximum atomic E-state index is 11.4. The van der Waals surface area contributed by atoms with Gasteiger partial charge in [0.25, 0.3) is 0 Å². The minimum Gasteiger partial charge on any atom is -0.272 e. The SMILES string of the molecule is CC(C)(C)ONC(=O)Cc1ccccc1. The van der Waals surface area contributed by atoms with Crippen LogP contribution in [0.15, 0.2) is 30.3 Å². The van der Waals surface area contributed by atoms with E-state index in [0.29, 0.717) is 6.42 Å². The third-order valence-corrected chi connectivity index (χ3v) is 1.68. The van der Waals surface area contributed by atoms with Crippen LogP contribution in [-0.2, 0) is 16.1 Å². The number of amides is 1. The van der Waals surface area contributed by atoms with Crippen molar-refractivity contribution in [3.8, 4) is 0 Å². The molecule has 1 aromatic rings. The molecule has 3 heteroatoms. The molecule has 1 rings (SSSR count). The molecule has 0 fully saturated rings. The van der Waals surface area contributed by atoms with Gasteiger partial charge in [-0.05, 0) is 26.3 Å². The fourth-order valence-electron chi connectivity index (χ4n) is 1.03. The highest BCUT2D eigenvalue weighted by Crippen LogP contribution is 2.04. The first-order chi connectivity index (χ1) is 6.97. The smallest absolute Gasteiger partial charge is 0.247 e. The Morgan fingerprint density at radius 3 is 2.40 bits per heavy atom. The summed E-state index contributed by atoms with van der Waals surface area (Å²) in [5.41, 5.74) is 3.06. The van der Waals surface area contributed by atoms with Crippen LogP contribution in [-0.4, -0.2) is 11.5 Å². The molecular formula is C12H17NO2. The van der Waals surface area contributed by atoms with E-state index in [1.807, 2.05) is 51.1 Å². The van der Waals surface area contributed by atoms with E-state index in [9.17, 15) is 4.79 Å². The van der Waals surface area contributed by atoms with Crippen LogP contribution in [0.2, 0.25) is 0 Å². The monoisotopic (exact) mass is 207 g/mol. The molecule has 82 valence electrons. The first-order valence-corrected chi connectivity index (χ1v) is 4.98. The topological polar surface area (TPSA) is 38.3 Å². The Labute approximate surface area is 90.4 Å². The summed E-state index contributed by atoms with van der Waals surface area (Å²) in [4.78, 5) is 16.6. The first-order valence-electron chi connectivity index (χ1n) is 4.98. The summed E-state index contributed by atoms with van der Waals surface area (Å²) >= 11 is 0. The van der Waals surface area contributed by atoms with Crippen LogP contribution in [0.3, 0.4) is 0 Å². The molecule has 1 aromatic carbocycles. The molecule has 0 atom stereocenters. The maximum absolute atomic E-state index is 11.4. The van der Waals surface area contributed by atoms with Gasteiger partial charge in [-0.2, -0.15) is 0 Å². The number of rotatable bonds is 3. The third-order valence-electron chi connectivity index (χ3n) is 1.68. The van der Waals surface area contributed by atoms with Crippen molar-refractivity contribution >= 4 is 5.91 Å². The van der Waals surface area contributed by atoms with E-state index in [1.165, 1.54) is 0 Å². The largest absolute Gasteiger partial charge is 0.272 e. The van der Waals surface area contributed by atoms with Crippen molar-refractivity contribution in [2.24, 2.45) is 0 Å². The second kappa shape index (κ2) is 4.94. The highest BCUT2D eigenvalue weighted by molar-refractivity contribution is 5.77. The second-order valence-electron chi connectivity index (χ2n) is 4.40. The fourth-order valence-corrected chi connectivity index (χ4v) is 1.03. The van der Waals surface area contributed by atoms with E-state index in [-0.39, 0.29) is 11.5 Å². The summed E-state index contributed by atoms with van der Waals surface area (Å²) < 4.78 is 0. The minimum absolute atomic E-state index is 0.129. The molecule has 1 amide bonds. The van der Waals surface area contributed by atoms with Crippen LogP contribution in [0.4, 0.5) is 0 Å². The van der Waals surface area contributed by atoms with E-state index in [4.69, 9.17) is 4.84 Å². The summed E-state index contributed by atoms with van der Waals surface area (Å²) in [6.45, 7) is 5.65. The highest BCUT2D eigenvalue weighted by atomic mass is 16.7. The Balaban J connectivity index is 2.38. The lowest BCUT2D eigenvalue weighted by atomic mass is 10.1. The van der Waals surface area contributed by atoms with Crippen molar-refractivity contribution in [1.82, 2.24) is 5.48 Å². The molecule has 0 aromatic heterocycles. The number of nitrogens with one attached hydrogen (secondary N) is 1. The number of hydroxylamine groups is 1. The lowest BCUT2D eigenvalue weighted by molar-refractivity contribution is -0.144. The normalized spacial score (nSPS) is 11.1. The van der Waals surface area contributed by atoms with Crippen LogP contribution < -0.4 is 5.48 Å². The molecule has 3 nitrogen and oxygen atoms in total. The quantitative estimate of drug-likeness (QED) is 0.770. The van der Waals surface area contributed by atoms with E-state index in [1.54, 1.807) is 0 Å². The molecule has 0 bridgehead atoms. The molecule has 0 heterocycles. The maximum Gasteiger partial charge on any atom is 0.247 e. The molecule has 0 saturated heterocycles. The number of benzene rings is 1. The zero-order chi connectivity index (χ0) is 11.3. The van der Waals surface area contributed by atoms with Crippen molar-refractivity contribution in [1.29, 1.82) is 0 Å². The van der Waals surface area contributed by atoms with Crippen molar-refractivity contribution in [2.75, 3.05) is 0 Å². The first kappa shape index (κ1) is 11.7. The minimum atomic E-state index is -0.355. The molecule has 0 unspecified atom stereocenters. The predicted molar refractivity (Wildman–Crippen MR) is 59.1 cm³/mol. The van der Waals surface area contributed by atoms with E-state index >= 15 is 0 Å². The van der Waals surface area contributed by atoms with Crippen LogP contribution in [0.5, 0.6) is 0 Å². The lowest BCUT2D eigenvalue weighted by Gasteiger charge is -2.18. The summed E-state index contributed by atoms with van der Waals surface area (Å²) in [5.74, 6) is -0.129. The molecule has 0 saturated carbocycles. The Morgan fingerprint density at radius 2 is 1.87 bits per heavy atom. The van der Waals surface area contributed by atoms with Crippen LogP contribution in [0.25, 0.3) is 0 Å². The summed E-state index contributed by atoms with van der Waals surface area (Å²) in [6, 6.07) is 9.57. The van der Waals surface area contributed by atoms with Gasteiger partial charge in [0.1, 0.15) is 0 Å². The van der Waals surface area contributed by atoms with Crippen molar-refractivity contribution in [3.63, 3.8) is 0 Å². The van der Waals surface area contributed by atoms with Gasteiger partial charge >= 0.3 is 0 Å². The fraction of sp³-hybridized carbons (Fsp3) is 0.417. The number of carbonyl (C=O) groups is 1. The highest BCUT2D eigenvalue weighted by Gasteiger charge is 2.12. The third kappa shape index (κ3) is 5.18. The molecule has 0 radical (unpaired) electrons. The van der Waals surface area contributed by atoms with Gasteiger partial charge in [0.05, 0.1) is 12.0 Å². The molecule has 0 spiro atoms. The predicted octanol–water partition coefficient (Wildman–Crippen LogP) is 2.08. The van der Waals surface area contributed by atoms with Gasteiger partial charge in [-0.1, -0.05) is 30.3 Å². The van der Waals surface area contributed by atoms with Gasteiger partial charge < -0.3 is 0 Å². The van der Waals surface area contributed by atoms with Crippen molar-refractivity contribution in [2.45, 2.75) is 32.8 Å². The Morgan fingerprint density at radius 1 is 1.27 bits per heavy atom. The van der Waals surface area contributed by atoms with Gasteiger partial charge in [0.15, 0.2) is 0 Å². The lowest BCUT2D eigenvalue weighted by Crippen LogP contribution is -2.34. The number of hydrogen-bond donors (Lipinski definition) is 1. The van der Waals surface area contributed by atoms with Crippen LogP contribution in [0, 0.1) is 0 Å². The van der Waals surface area contributed by atoms with Gasteiger partial charge in [-0.15, -0.1) is 0 Å². The molecule has 0 aliphatic carbocycles. The van der Waals surface area contributed by atoms with Crippen molar-refractivity contribution < 1.29 is 9.63 Å². The van der Waals surface area contributed by atoms with Gasteiger partial charge in [-0.3, -0.25) is 9.63 Å². The molecule has 0 aliphatic heterocycles. The average Bonchev–Trinajstić information content (AvgIpc) is 2.15. The summed E-state index contributed by atoms with van der Waals surface area (Å²) in [5, 5.41) is 0. The van der Waals surface area contributed by atoms with Gasteiger partial charge in [0.2, 0.25) is 5.91 Å². The van der Waals surface area contributed by atoms with Crippen LogP contribution in [0.1, 0.15) is 26.3 Å². The standard InChI is InChI=1S/C12H17NO2/c1-12(2,3)15-13-11(14)9-10-7-5-4-6-8-10/h4-8H,9H2,1-3H3,(H,13,14). The molecular weight excluding hydrogens is 190 g/mol. The summed E-state index contributed by atoms with van der Waals surface area (Å²) in [7, 11) is 0. The van der Waals surface area contributed by atoms with Crippen LogP contribution >= 0.6 is 0 Å². The Hall–Kier alpha value is -1.35. The Kier molecular flexibility index (Phi) is 3.86. The van der Waals surface area contributed by atoms with Gasteiger partial charge in [-0.25, -0.2) is 5.48 Å². The average molecular weight is 207 g/mol. The number of hydrogen-bond acceptors (Lipinski definition) is 2. The molecule has 1 N–H and O–H groups in total. The van der Waals surface area contributed by atoms with E-state index in [2.05, 4.69) is 5.48 Å².